The van der Waals surface area contributed by atoms with Crippen LogP contribution in [0.3, 0.4) is 0 Å². The maximum atomic E-state index is 8.23. The summed E-state index contributed by atoms with van der Waals surface area (Å²) >= 11 is 5.45. The molecule has 0 atom stereocenters. The number of rotatable bonds is 0. The van der Waals surface area contributed by atoms with Gasteiger partial charge in [-0.1, -0.05) is 0 Å². The van der Waals surface area contributed by atoms with Gasteiger partial charge >= 0.3 is 0 Å². The highest BCUT2D eigenvalue weighted by Gasteiger charge is 2.00. The molecule has 0 spiro atoms. The summed E-state index contributed by atoms with van der Waals surface area (Å²) < 4.78 is 1.33. The van der Waals surface area contributed by atoms with Gasteiger partial charge in [-0.15, -0.1) is 5.10 Å². The molecule has 0 saturated carbocycles. The van der Waals surface area contributed by atoms with Crippen LogP contribution >= 0.6 is 11.6 Å². The van der Waals surface area contributed by atoms with Crippen molar-refractivity contribution in [2.75, 3.05) is 0 Å². The van der Waals surface area contributed by atoms with Gasteiger partial charge in [0.1, 0.15) is 6.07 Å². The Morgan fingerprint density at radius 3 is 2.67 bits per heavy atom. The number of nitriles is 1. The fourth-order valence-corrected chi connectivity index (χ4v) is 0.531. The molecular formula is C4H3ClN4. The molecule has 0 amide bonds. The lowest BCUT2D eigenvalue weighted by Crippen LogP contribution is -1.89. The Balaban J connectivity index is 3.16. The first kappa shape index (κ1) is 6.05. The van der Waals surface area contributed by atoms with E-state index in [-0.39, 0.29) is 11.1 Å². The summed E-state index contributed by atoms with van der Waals surface area (Å²) in [6.45, 7) is 0. The van der Waals surface area contributed by atoms with Gasteiger partial charge in [0.05, 0.1) is 0 Å². The van der Waals surface area contributed by atoms with Crippen LogP contribution in [-0.4, -0.2) is 14.8 Å². The fourth-order valence-electron chi connectivity index (χ4n) is 0.413. The second-order valence-electron chi connectivity index (χ2n) is 1.44. The summed E-state index contributed by atoms with van der Waals surface area (Å²) in [5, 5.41) is 12.1. The lowest BCUT2D eigenvalue weighted by molar-refractivity contribution is 0.763. The van der Waals surface area contributed by atoms with Crippen molar-refractivity contribution in [2.24, 2.45) is 7.05 Å². The van der Waals surface area contributed by atoms with Gasteiger partial charge in [-0.2, -0.15) is 10.2 Å². The second kappa shape index (κ2) is 2.03. The molecule has 1 heterocycles. The number of halogens is 1. The third-order valence-corrected chi connectivity index (χ3v) is 1.14. The van der Waals surface area contributed by atoms with E-state index < -0.39 is 0 Å². The molecule has 46 valence electrons. The highest BCUT2D eigenvalue weighted by molar-refractivity contribution is 6.28. The van der Waals surface area contributed by atoms with Crippen LogP contribution in [0.25, 0.3) is 0 Å². The summed E-state index contributed by atoms with van der Waals surface area (Å²) in [6, 6.07) is 1.76. The SMILES string of the molecule is Cn1nc(C#N)nc1Cl. The molecule has 0 aliphatic rings. The summed E-state index contributed by atoms with van der Waals surface area (Å²) in [5.41, 5.74) is 0. The Bertz CT molecular complexity index is 239. The molecule has 5 heteroatoms. The maximum Gasteiger partial charge on any atom is 0.253 e. The van der Waals surface area contributed by atoms with Crippen LogP contribution in [0.15, 0.2) is 0 Å². The molecule has 1 rings (SSSR count). The number of aryl methyl sites for hydroxylation is 1. The summed E-state index contributed by atoms with van der Waals surface area (Å²) in [5.74, 6) is 0.0995. The Morgan fingerprint density at radius 1 is 1.78 bits per heavy atom. The Kier molecular flexibility index (Phi) is 1.37. The molecule has 0 radical (unpaired) electrons. The van der Waals surface area contributed by atoms with E-state index in [2.05, 4.69) is 10.1 Å². The average molecular weight is 143 g/mol. The lowest BCUT2D eigenvalue weighted by Gasteiger charge is -1.81. The average Bonchev–Trinajstić information content (AvgIpc) is 2.13. The number of aromatic nitrogens is 3. The number of hydrogen-bond acceptors (Lipinski definition) is 3. The van der Waals surface area contributed by atoms with Gasteiger partial charge in [-0.25, -0.2) is 4.68 Å². The third-order valence-electron chi connectivity index (χ3n) is 0.810. The largest absolute Gasteiger partial charge is 0.253 e. The van der Waals surface area contributed by atoms with Gasteiger partial charge in [0.2, 0.25) is 5.28 Å². The van der Waals surface area contributed by atoms with Crippen molar-refractivity contribution in [3.05, 3.63) is 11.1 Å². The van der Waals surface area contributed by atoms with Crippen LogP contribution in [0.2, 0.25) is 5.28 Å². The molecule has 0 aliphatic carbocycles. The molecule has 0 fully saturated rings. The van der Waals surface area contributed by atoms with Gasteiger partial charge in [-0.05, 0) is 11.6 Å². The zero-order chi connectivity index (χ0) is 6.85. The van der Waals surface area contributed by atoms with Crippen LogP contribution in [0.4, 0.5) is 0 Å². The molecule has 0 unspecified atom stereocenters. The van der Waals surface area contributed by atoms with E-state index in [4.69, 9.17) is 16.9 Å². The summed E-state index contributed by atoms with van der Waals surface area (Å²) in [6.07, 6.45) is 0. The number of hydrogen-bond donors (Lipinski definition) is 0. The fraction of sp³-hybridized carbons (Fsp3) is 0.250. The van der Waals surface area contributed by atoms with E-state index in [1.165, 1.54) is 4.68 Å². The molecule has 9 heavy (non-hydrogen) atoms. The van der Waals surface area contributed by atoms with E-state index in [0.717, 1.165) is 0 Å². The summed E-state index contributed by atoms with van der Waals surface area (Å²) in [4.78, 5) is 3.58. The van der Waals surface area contributed by atoms with E-state index in [9.17, 15) is 0 Å². The Morgan fingerprint density at radius 2 is 2.44 bits per heavy atom. The monoisotopic (exact) mass is 142 g/mol. The van der Waals surface area contributed by atoms with Gasteiger partial charge in [0, 0.05) is 7.05 Å². The minimum atomic E-state index is 0.0995. The molecular weight excluding hydrogens is 140 g/mol. The van der Waals surface area contributed by atoms with E-state index in [1.54, 1.807) is 13.1 Å². The highest BCUT2D eigenvalue weighted by Crippen LogP contribution is 2.00. The third kappa shape index (κ3) is 1.00. The smallest absolute Gasteiger partial charge is 0.238 e. The standard InChI is InChI=1S/C4H3ClN4/c1-9-4(5)7-3(2-6)8-9/h1H3. The van der Waals surface area contributed by atoms with Crippen LogP contribution < -0.4 is 0 Å². The number of nitrogens with zero attached hydrogens (tertiary/aromatic N) is 4. The van der Waals surface area contributed by atoms with Gasteiger partial charge < -0.3 is 0 Å². The highest BCUT2D eigenvalue weighted by atomic mass is 35.5. The normalized spacial score (nSPS) is 9.00. The van der Waals surface area contributed by atoms with Crippen molar-refractivity contribution in [2.45, 2.75) is 0 Å². The molecule has 0 bridgehead atoms. The van der Waals surface area contributed by atoms with Gasteiger partial charge in [0.25, 0.3) is 5.82 Å². The van der Waals surface area contributed by atoms with Crippen molar-refractivity contribution in [3.63, 3.8) is 0 Å². The quantitative estimate of drug-likeness (QED) is 0.525. The summed E-state index contributed by atoms with van der Waals surface area (Å²) in [7, 11) is 1.62. The molecule has 1 aromatic rings. The van der Waals surface area contributed by atoms with Crippen LogP contribution in [0.1, 0.15) is 5.82 Å². The predicted octanol–water partition coefficient (Wildman–Crippen LogP) is 0.340. The molecule has 0 aliphatic heterocycles. The first-order chi connectivity index (χ1) is 4.24. The second-order valence-corrected chi connectivity index (χ2v) is 1.78. The van der Waals surface area contributed by atoms with Crippen molar-refractivity contribution in [3.8, 4) is 6.07 Å². The van der Waals surface area contributed by atoms with E-state index >= 15 is 0 Å². The molecule has 4 nitrogen and oxygen atoms in total. The topological polar surface area (TPSA) is 54.5 Å². The van der Waals surface area contributed by atoms with Gasteiger partial charge in [0.15, 0.2) is 0 Å². The predicted molar refractivity (Wildman–Crippen MR) is 30.7 cm³/mol. The van der Waals surface area contributed by atoms with Crippen molar-refractivity contribution < 1.29 is 0 Å². The minimum Gasteiger partial charge on any atom is -0.238 e. The first-order valence-corrected chi connectivity index (χ1v) is 2.58. The molecule has 1 aromatic heterocycles. The van der Waals surface area contributed by atoms with E-state index in [1.807, 2.05) is 0 Å². The zero-order valence-electron chi connectivity index (χ0n) is 4.67. The zero-order valence-corrected chi connectivity index (χ0v) is 5.42. The van der Waals surface area contributed by atoms with Crippen LogP contribution in [-0.2, 0) is 7.05 Å². The Labute approximate surface area is 56.7 Å². The van der Waals surface area contributed by atoms with E-state index in [0.29, 0.717) is 0 Å². The molecule has 0 N–H and O–H groups in total. The van der Waals surface area contributed by atoms with Crippen LogP contribution in [0, 0.1) is 11.3 Å². The van der Waals surface area contributed by atoms with Crippen molar-refractivity contribution in [1.82, 2.24) is 14.8 Å². The van der Waals surface area contributed by atoms with Crippen molar-refractivity contribution in [1.29, 1.82) is 5.26 Å². The van der Waals surface area contributed by atoms with Crippen molar-refractivity contribution >= 4 is 11.6 Å². The molecule has 0 aromatic carbocycles. The van der Waals surface area contributed by atoms with Gasteiger partial charge in [-0.3, -0.25) is 0 Å². The minimum absolute atomic E-state index is 0.0995. The van der Waals surface area contributed by atoms with Crippen LogP contribution in [0.5, 0.6) is 0 Å². The lowest BCUT2D eigenvalue weighted by atomic mass is 10.7. The first-order valence-electron chi connectivity index (χ1n) is 2.20. The Hall–Kier alpha value is -1.08. The maximum absolute atomic E-state index is 8.23. The molecule has 0 saturated heterocycles.